The maximum atomic E-state index is 12.9. The smallest absolute Gasteiger partial charge is 0.248 e. The van der Waals surface area contributed by atoms with Gasteiger partial charge in [-0.15, -0.1) is 0 Å². The van der Waals surface area contributed by atoms with Crippen LogP contribution in [0.3, 0.4) is 0 Å². The normalized spacial score (nSPS) is 12.5. The molecule has 0 aromatic heterocycles. The van der Waals surface area contributed by atoms with Gasteiger partial charge in [0.2, 0.25) is 15.9 Å². The van der Waals surface area contributed by atoms with E-state index in [9.17, 15) is 13.2 Å². The second-order valence-corrected chi connectivity index (χ2v) is 8.99. The van der Waals surface area contributed by atoms with E-state index in [1.807, 2.05) is 26.0 Å². The second kappa shape index (κ2) is 8.50. The van der Waals surface area contributed by atoms with Crippen LogP contribution in [0.15, 0.2) is 36.4 Å². The van der Waals surface area contributed by atoms with Gasteiger partial charge in [0.05, 0.1) is 22.0 Å². The summed E-state index contributed by atoms with van der Waals surface area (Å²) in [5.41, 5.74) is 2.90. The molecule has 0 spiro atoms. The van der Waals surface area contributed by atoms with Crippen LogP contribution >= 0.6 is 23.2 Å². The van der Waals surface area contributed by atoms with Crippen LogP contribution in [0.4, 0.5) is 11.4 Å². The number of sulfonamides is 1. The van der Waals surface area contributed by atoms with Gasteiger partial charge < -0.3 is 5.32 Å². The number of carbonyl (C=O) groups excluding carboxylic acids is 1. The minimum absolute atomic E-state index is 0.215. The number of hydrogen-bond donors (Lipinski definition) is 1. The van der Waals surface area contributed by atoms with E-state index in [1.165, 1.54) is 18.2 Å². The van der Waals surface area contributed by atoms with E-state index in [0.717, 1.165) is 21.7 Å². The molecule has 0 saturated heterocycles. The number of aryl methyl sites for hydroxylation is 1. The van der Waals surface area contributed by atoms with Crippen molar-refractivity contribution in [2.24, 2.45) is 0 Å². The highest BCUT2D eigenvalue weighted by atomic mass is 35.5. The highest BCUT2D eigenvalue weighted by Gasteiger charge is 2.32. The summed E-state index contributed by atoms with van der Waals surface area (Å²) in [5, 5.41) is 3.37. The van der Waals surface area contributed by atoms with Crippen LogP contribution in [-0.4, -0.2) is 26.6 Å². The third-order valence-corrected chi connectivity index (χ3v) is 6.27. The fourth-order valence-electron chi connectivity index (χ4n) is 2.78. The second-order valence-electron chi connectivity index (χ2n) is 6.32. The van der Waals surface area contributed by atoms with Gasteiger partial charge >= 0.3 is 0 Å². The zero-order valence-electron chi connectivity index (χ0n) is 15.6. The summed E-state index contributed by atoms with van der Waals surface area (Å²) in [5.74, 6) is -0.414. The zero-order chi connectivity index (χ0) is 20.4. The first-order valence-corrected chi connectivity index (χ1v) is 11.0. The van der Waals surface area contributed by atoms with Gasteiger partial charge in [0.1, 0.15) is 6.04 Å². The van der Waals surface area contributed by atoms with Crippen molar-refractivity contribution in [2.75, 3.05) is 15.9 Å². The van der Waals surface area contributed by atoms with Crippen LogP contribution in [0.1, 0.15) is 24.5 Å². The molecule has 2 aromatic carbocycles. The van der Waals surface area contributed by atoms with Gasteiger partial charge in [-0.2, -0.15) is 0 Å². The maximum absolute atomic E-state index is 12.9. The van der Waals surface area contributed by atoms with Crippen molar-refractivity contribution < 1.29 is 13.2 Å². The SMILES string of the molecule is CC[C@H](C(=O)Nc1cccc(C)c1C)N(c1ccc(Cl)c(Cl)c1)S(C)(=O)=O. The highest BCUT2D eigenvalue weighted by Crippen LogP contribution is 2.30. The molecule has 0 radical (unpaired) electrons. The summed E-state index contributed by atoms with van der Waals surface area (Å²) in [6.07, 6.45) is 1.34. The molecule has 0 fully saturated rings. The van der Waals surface area contributed by atoms with Gasteiger partial charge in [0.25, 0.3) is 0 Å². The van der Waals surface area contributed by atoms with Crippen LogP contribution in [0.5, 0.6) is 0 Å². The molecule has 146 valence electrons. The van der Waals surface area contributed by atoms with E-state index in [4.69, 9.17) is 23.2 Å². The molecule has 0 aliphatic rings. The number of carbonyl (C=O) groups is 1. The number of nitrogens with zero attached hydrogens (tertiary/aromatic N) is 1. The largest absolute Gasteiger partial charge is 0.324 e. The van der Waals surface area contributed by atoms with Crippen molar-refractivity contribution in [1.29, 1.82) is 0 Å². The Bertz CT molecular complexity index is 961. The summed E-state index contributed by atoms with van der Waals surface area (Å²) in [6.45, 7) is 5.60. The Hall–Kier alpha value is -1.76. The molecule has 0 aliphatic carbocycles. The molecule has 27 heavy (non-hydrogen) atoms. The Morgan fingerprint density at radius 1 is 1.15 bits per heavy atom. The number of hydrogen-bond acceptors (Lipinski definition) is 3. The van der Waals surface area contributed by atoms with Crippen LogP contribution in [0, 0.1) is 13.8 Å². The monoisotopic (exact) mass is 428 g/mol. The van der Waals surface area contributed by atoms with Crippen molar-refractivity contribution >= 4 is 50.5 Å². The molecule has 8 heteroatoms. The van der Waals surface area contributed by atoms with Crippen LogP contribution < -0.4 is 9.62 Å². The first kappa shape index (κ1) is 21.5. The number of rotatable bonds is 6. The van der Waals surface area contributed by atoms with Gasteiger partial charge in [-0.25, -0.2) is 8.42 Å². The average molecular weight is 429 g/mol. The van der Waals surface area contributed by atoms with E-state index in [-0.39, 0.29) is 17.1 Å². The Kier molecular flexibility index (Phi) is 6.78. The Morgan fingerprint density at radius 2 is 1.81 bits per heavy atom. The molecule has 0 aliphatic heterocycles. The number of benzene rings is 2. The average Bonchev–Trinajstić information content (AvgIpc) is 2.58. The Morgan fingerprint density at radius 3 is 2.37 bits per heavy atom. The van der Waals surface area contributed by atoms with Crippen molar-refractivity contribution in [2.45, 2.75) is 33.2 Å². The molecule has 0 unspecified atom stereocenters. The van der Waals surface area contributed by atoms with Crippen molar-refractivity contribution in [1.82, 2.24) is 0 Å². The van der Waals surface area contributed by atoms with Gasteiger partial charge in [0.15, 0.2) is 0 Å². The van der Waals surface area contributed by atoms with E-state index >= 15 is 0 Å². The van der Waals surface area contributed by atoms with Crippen LogP contribution in [0.2, 0.25) is 10.0 Å². The first-order chi connectivity index (χ1) is 12.6. The quantitative estimate of drug-likeness (QED) is 0.718. The molecular formula is C19H22Cl2N2O3S. The first-order valence-electron chi connectivity index (χ1n) is 8.37. The Balaban J connectivity index is 2.44. The van der Waals surface area contributed by atoms with E-state index < -0.39 is 22.0 Å². The standard InChI is InChI=1S/C19H22Cl2N2O3S/c1-5-18(19(24)22-17-8-6-7-12(2)13(17)3)23(27(4,25)26)14-9-10-15(20)16(21)11-14/h6-11,18H,5H2,1-4H3,(H,22,24)/t18-/m1/s1. The molecule has 2 rings (SSSR count). The summed E-state index contributed by atoms with van der Waals surface area (Å²) in [4.78, 5) is 12.9. The molecule has 1 amide bonds. The van der Waals surface area contributed by atoms with Gasteiger partial charge in [-0.1, -0.05) is 42.3 Å². The predicted molar refractivity (Wildman–Crippen MR) is 112 cm³/mol. The van der Waals surface area contributed by atoms with E-state index in [1.54, 1.807) is 13.0 Å². The molecule has 0 heterocycles. The van der Waals surface area contributed by atoms with Crippen molar-refractivity contribution in [3.8, 4) is 0 Å². The molecule has 0 bridgehead atoms. The molecule has 2 aromatic rings. The van der Waals surface area contributed by atoms with Crippen LogP contribution in [-0.2, 0) is 14.8 Å². The lowest BCUT2D eigenvalue weighted by atomic mass is 10.1. The zero-order valence-corrected chi connectivity index (χ0v) is 17.9. The lowest BCUT2D eigenvalue weighted by molar-refractivity contribution is -0.117. The number of halogens is 2. The molecule has 1 atom stereocenters. The third kappa shape index (κ3) is 4.94. The summed E-state index contributed by atoms with van der Waals surface area (Å²) >= 11 is 12.0. The fraction of sp³-hybridized carbons (Fsp3) is 0.316. The topological polar surface area (TPSA) is 66.5 Å². The minimum Gasteiger partial charge on any atom is -0.324 e. The van der Waals surface area contributed by atoms with E-state index in [2.05, 4.69) is 5.32 Å². The predicted octanol–water partition coefficient (Wildman–Crippen LogP) is 4.79. The highest BCUT2D eigenvalue weighted by molar-refractivity contribution is 7.92. The lowest BCUT2D eigenvalue weighted by Crippen LogP contribution is -2.47. The third-order valence-electron chi connectivity index (χ3n) is 4.35. The number of anilines is 2. The van der Waals surface area contributed by atoms with Gasteiger partial charge in [0, 0.05) is 5.69 Å². The van der Waals surface area contributed by atoms with Gasteiger partial charge in [-0.05, 0) is 55.7 Å². The van der Waals surface area contributed by atoms with Crippen LogP contribution in [0.25, 0.3) is 0 Å². The lowest BCUT2D eigenvalue weighted by Gasteiger charge is -2.30. The van der Waals surface area contributed by atoms with Crippen molar-refractivity contribution in [3.05, 3.63) is 57.6 Å². The fourth-order valence-corrected chi connectivity index (χ4v) is 4.28. The summed E-state index contributed by atoms with van der Waals surface area (Å²) in [6, 6.07) is 9.12. The molecule has 0 saturated carbocycles. The summed E-state index contributed by atoms with van der Waals surface area (Å²) < 4.78 is 26.0. The minimum atomic E-state index is -3.74. The number of nitrogens with one attached hydrogen (secondary N) is 1. The molecule has 1 N–H and O–H groups in total. The Labute approximate surface area is 170 Å². The molecule has 5 nitrogen and oxygen atoms in total. The number of amides is 1. The van der Waals surface area contributed by atoms with Crippen molar-refractivity contribution in [3.63, 3.8) is 0 Å². The van der Waals surface area contributed by atoms with E-state index in [0.29, 0.717) is 10.7 Å². The maximum Gasteiger partial charge on any atom is 0.248 e. The summed E-state index contributed by atoms with van der Waals surface area (Å²) in [7, 11) is -3.74. The van der Waals surface area contributed by atoms with Gasteiger partial charge in [-0.3, -0.25) is 9.10 Å². The molecular weight excluding hydrogens is 407 g/mol.